The van der Waals surface area contributed by atoms with Crippen molar-refractivity contribution in [2.24, 2.45) is 5.92 Å². The minimum atomic E-state index is -0.0383. The zero-order chi connectivity index (χ0) is 11.8. The lowest BCUT2D eigenvalue weighted by molar-refractivity contribution is 0.382. The van der Waals surface area contributed by atoms with Gasteiger partial charge in [0.2, 0.25) is 0 Å². The summed E-state index contributed by atoms with van der Waals surface area (Å²) in [6, 6.07) is 0.506. The van der Waals surface area contributed by atoms with Crippen molar-refractivity contribution in [2.45, 2.75) is 18.9 Å². The number of hydrogen-bond acceptors (Lipinski definition) is 4. The van der Waals surface area contributed by atoms with Crippen molar-refractivity contribution in [3.63, 3.8) is 0 Å². The van der Waals surface area contributed by atoms with Crippen LogP contribution in [0.5, 0.6) is 0 Å². The van der Waals surface area contributed by atoms with Gasteiger partial charge in [-0.15, -0.1) is 0 Å². The van der Waals surface area contributed by atoms with Crippen LogP contribution in [-0.4, -0.2) is 35.6 Å². The Bertz CT molecular complexity index is 475. The zero-order valence-corrected chi connectivity index (χ0v) is 11.6. The molecule has 6 heteroatoms. The predicted molar refractivity (Wildman–Crippen MR) is 74.3 cm³/mol. The van der Waals surface area contributed by atoms with E-state index in [9.17, 15) is 4.79 Å². The summed E-state index contributed by atoms with van der Waals surface area (Å²) in [7, 11) is 0. The summed E-state index contributed by atoms with van der Waals surface area (Å²) in [5.74, 6) is 1.56. The van der Waals surface area contributed by atoms with Crippen LogP contribution in [0.2, 0.25) is 0 Å². The molecule has 0 aliphatic carbocycles. The lowest BCUT2D eigenvalue weighted by Gasteiger charge is -2.38. The SMILES string of the molecule is O=c1[nH]cnc(N2CCCC3CNCC32)c1I. The van der Waals surface area contributed by atoms with Crippen LogP contribution >= 0.6 is 22.6 Å². The second-order valence-corrected chi connectivity index (χ2v) is 5.77. The summed E-state index contributed by atoms with van der Waals surface area (Å²) in [5, 5.41) is 3.44. The number of aromatic amines is 1. The molecule has 0 radical (unpaired) electrons. The number of aromatic nitrogens is 2. The first-order chi connectivity index (χ1) is 8.27. The maximum atomic E-state index is 11.6. The monoisotopic (exact) mass is 346 g/mol. The molecule has 2 N–H and O–H groups in total. The lowest BCUT2D eigenvalue weighted by atomic mass is 9.92. The normalized spacial score (nSPS) is 28.2. The molecule has 2 saturated heterocycles. The van der Waals surface area contributed by atoms with Crippen LogP contribution in [0.1, 0.15) is 12.8 Å². The Kier molecular flexibility index (Phi) is 3.08. The van der Waals surface area contributed by atoms with Crippen molar-refractivity contribution in [2.75, 3.05) is 24.5 Å². The van der Waals surface area contributed by atoms with E-state index in [4.69, 9.17) is 0 Å². The van der Waals surface area contributed by atoms with Gasteiger partial charge in [-0.3, -0.25) is 4.79 Å². The molecule has 0 bridgehead atoms. The van der Waals surface area contributed by atoms with Gasteiger partial charge in [0.15, 0.2) is 0 Å². The van der Waals surface area contributed by atoms with Gasteiger partial charge < -0.3 is 15.2 Å². The molecule has 1 aromatic rings. The minimum Gasteiger partial charge on any atom is -0.351 e. The van der Waals surface area contributed by atoms with Gasteiger partial charge in [0.25, 0.3) is 5.56 Å². The van der Waals surface area contributed by atoms with Crippen molar-refractivity contribution in [3.8, 4) is 0 Å². The van der Waals surface area contributed by atoms with Crippen molar-refractivity contribution >= 4 is 28.4 Å². The Balaban J connectivity index is 1.97. The summed E-state index contributed by atoms with van der Waals surface area (Å²) in [6.45, 7) is 3.12. The third kappa shape index (κ3) is 1.97. The van der Waals surface area contributed by atoms with Crippen LogP contribution in [0, 0.1) is 9.49 Å². The molecule has 0 amide bonds. The fourth-order valence-corrected chi connectivity index (χ4v) is 3.51. The quantitative estimate of drug-likeness (QED) is 0.730. The first-order valence-electron chi connectivity index (χ1n) is 5.98. The van der Waals surface area contributed by atoms with E-state index in [0.717, 1.165) is 25.5 Å². The molecule has 2 atom stereocenters. The van der Waals surface area contributed by atoms with Crippen molar-refractivity contribution in [1.82, 2.24) is 15.3 Å². The van der Waals surface area contributed by atoms with Gasteiger partial charge in [-0.05, 0) is 41.4 Å². The topological polar surface area (TPSA) is 61.0 Å². The van der Waals surface area contributed by atoms with E-state index in [2.05, 4.69) is 42.8 Å². The Morgan fingerprint density at radius 2 is 2.35 bits per heavy atom. The average molecular weight is 346 g/mol. The summed E-state index contributed by atoms with van der Waals surface area (Å²) in [4.78, 5) is 20.9. The summed E-state index contributed by atoms with van der Waals surface area (Å²) in [5.41, 5.74) is -0.0383. The molecular weight excluding hydrogens is 331 g/mol. The predicted octanol–water partition coefficient (Wildman–Crippen LogP) is 0.563. The number of nitrogens with one attached hydrogen (secondary N) is 2. The molecule has 2 unspecified atom stereocenters. The second-order valence-electron chi connectivity index (χ2n) is 4.69. The van der Waals surface area contributed by atoms with E-state index in [0.29, 0.717) is 15.5 Å². The van der Waals surface area contributed by atoms with Crippen molar-refractivity contribution < 1.29 is 0 Å². The fraction of sp³-hybridized carbons (Fsp3) is 0.636. The van der Waals surface area contributed by atoms with Crippen LogP contribution in [0.25, 0.3) is 0 Å². The third-order valence-corrected chi connectivity index (χ3v) is 4.70. The molecule has 0 saturated carbocycles. The largest absolute Gasteiger partial charge is 0.351 e. The van der Waals surface area contributed by atoms with Crippen molar-refractivity contribution in [3.05, 3.63) is 20.3 Å². The zero-order valence-electron chi connectivity index (χ0n) is 9.45. The van der Waals surface area contributed by atoms with E-state index in [1.807, 2.05) is 0 Å². The van der Waals surface area contributed by atoms with Crippen LogP contribution in [-0.2, 0) is 0 Å². The molecule has 92 valence electrons. The Morgan fingerprint density at radius 3 is 3.24 bits per heavy atom. The second kappa shape index (κ2) is 4.56. The molecular formula is C11H15IN4O. The highest BCUT2D eigenvalue weighted by Gasteiger charge is 2.36. The minimum absolute atomic E-state index is 0.0383. The van der Waals surface area contributed by atoms with Gasteiger partial charge in [0, 0.05) is 25.7 Å². The molecule has 0 spiro atoms. The fourth-order valence-electron chi connectivity index (χ4n) is 2.90. The van der Waals surface area contributed by atoms with E-state index in [1.54, 1.807) is 0 Å². The van der Waals surface area contributed by atoms with Crippen LogP contribution < -0.4 is 15.8 Å². The number of nitrogens with zero attached hydrogens (tertiary/aromatic N) is 2. The highest BCUT2D eigenvalue weighted by atomic mass is 127. The molecule has 2 fully saturated rings. The van der Waals surface area contributed by atoms with Gasteiger partial charge in [0.1, 0.15) is 9.39 Å². The number of halogens is 1. The van der Waals surface area contributed by atoms with Gasteiger partial charge in [0.05, 0.1) is 6.33 Å². The Hall–Kier alpha value is -0.630. The number of anilines is 1. The molecule has 3 rings (SSSR count). The molecule has 2 aliphatic heterocycles. The van der Waals surface area contributed by atoms with E-state index < -0.39 is 0 Å². The number of fused-ring (bicyclic) bond motifs is 1. The molecule has 17 heavy (non-hydrogen) atoms. The van der Waals surface area contributed by atoms with E-state index in [1.165, 1.54) is 19.2 Å². The first-order valence-corrected chi connectivity index (χ1v) is 7.06. The van der Waals surface area contributed by atoms with Crippen LogP contribution in [0.3, 0.4) is 0 Å². The summed E-state index contributed by atoms with van der Waals surface area (Å²) >= 11 is 2.09. The number of H-pyrrole nitrogens is 1. The number of piperidine rings is 1. The van der Waals surface area contributed by atoms with Gasteiger partial charge in [-0.25, -0.2) is 4.98 Å². The lowest BCUT2D eigenvalue weighted by Crippen LogP contribution is -2.46. The van der Waals surface area contributed by atoms with Crippen molar-refractivity contribution in [1.29, 1.82) is 0 Å². The molecule has 2 aliphatic rings. The number of rotatable bonds is 1. The highest BCUT2D eigenvalue weighted by molar-refractivity contribution is 14.1. The Morgan fingerprint density at radius 1 is 1.47 bits per heavy atom. The third-order valence-electron chi connectivity index (χ3n) is 3.73. The molecule has 0 aromatic carbocycles. The van der Waals surface area contributed by atoms with Crippen LogP contribution in [0.15, 0.2) is 11.1 Å². The Labute approximate surface area is 113 Å². The number of hydrogen-bond donors (Lipinski definition) is 2. The molecule has 5 nitrogen and oxygen atoms in total. The highest BCUT2D eigenvalue weighted by Crippen LogP contribution is 2.30. The summed E-state index contributed by atoms with van der Waals surface area (Å²) in [6.07, 6.45) is 3.98. The molecule has 1 aromatic heterocycles. The first kappa shape index (κ1) is 11.5. The van der Waals surface area contributed by atoms with E-state index in [-0.39, 0.29) is 5.56 Å². The maximum absolute atomic E-state index is 11.6. The van der Waals surface area contributed by atoms with Gasteiger partial charge in [-0.2, -0.15) is 0 Å². The summed E-state index contributed by atoms with van der Waals surface area (Å²) < 4.78 is 0.706. The van der Waals surface area contributed by atoms with Gasteiger partial charge in [-0.1, -0.05) is 0 Å². The van der Waals surface area contributed by atoms with Crippen LogP contribution in [0.4, 0.5) is 5.82 Å². The average Bonchev–Trinajstić information content (AvgIpc) is 2.81. The molecule has 3 heterocycles. The standard InChI is InChI=1S/C11H15IN4O/c12-9-10(14-6-15-11(9)17)16-3-1-2-7-4-13-5-8(7)16/h6-8,13H,1-5H2,(H,14,15,17). The smallest absolute Gasteiger partial charge is 0.266 e. The maximum Gasteiger partial charge on any atom is 0.266 e. The van der Waals surface area contributed by atoms with Gasteiger partial charge >= 0.3 is 0 Å². The van der Waals surface area contributed by atoms with E-state index >= 15 is 0 Å².